The van der Waals surface area contributed by atoms with Crippen LogP contribution in [0.3, 0.4) is 0 Å². The maximum atomic E-state index is 12.3. The van der Waals surface area contributed by atoms with Gasteiger partial charge in [0.1, 0.15) is 0 Å². The summed E-state index contributed by atoms with van der Waals surface area (Å²) in [5.41, 5.74) is 3.84. The summed E-state index contributed by atoms with van der Waals surface area (Å²) in [6, 6.07) is 0. The van der Waals surface area contributed by atoms with Gasteiger partial charge in [-0.2, -0.15) is 0 Å². The molecule has 0 spiro atoms. The van der Waals surface area contributed by atoms with Gasteiger partial charge in [0.15, 0.2) is 0 Å². The molecule has 0 aromatic heterocycles. The van der Waals surface area contributed by atoms with E-state index in [4.69, 9.17) is 0 Å². The van der Waals surface area contributed by atoms with Crippen molar-refractivity contribution in [1.29, 1.82) is 0 Å². The summed E-state index contributed by atoms with van der Waals surface area (Å²) < 4.78 is 0. The summed E-state index contributed by atoms with van der Waals surface area (Å²) >= 11 is 0. The highest BCUT2D eigenvalue weighted by Gasteiger charge is 2.65. The molecule has 0 aromatic rings. The Labute approximate surface area is 206 Å². The average Bonchev–Trinajstić information content (AvgIpc) is 2.75. The number of rotatable bonds is 5. The van der Waals surface area contributed by atoms with Gasteiger partial charge in [-0.05, 0) is 112 Å². The fraction of sp³-hybridized carbons (Fsp3) is 0.800. The standard InChI is InChI=1S/C30H46O4/c1-19(2)20-8-9-22-21(28(20,5)12-11-24(31)32)10-13-30(7)23-18-27(4,25(33)34)15-14-26(23,3)16-17-29(22,30)6/h20,23H,1,8-18H2,2-7H3,(H,31,32)(H,33,34). The van der Waals surface area contributed by atoms with Gasteiger partial charge in [0, 0.05) is 6.42 Å². The molecule has 4 rings (SSSR count). The van der Waals surface area contributed by atoms with Crippen LogP contribution in [-0.4, -0.2) is 22.2 Å². The maximum Gasteiger partial charge on any atom is 0.309 e. The number of hydrogen-bond donors (Lipinski definition) is 2. The van der Waals surface area contributed by atoms with Crippen LogP contribution in [0.5, 0.6) is 0 Å². The Balaban J connectivity index is 1.80. The van der Waals surface area contributed by atoms with Gasteiger partial charge in [-0.3, -0.25) is 9.59 Å². The zero-order valence-corrected chi connectivity index (χ0v) is 22.4. The molecule has 2 saturated carbocycles. The second-order valence-corrected chi connectivity index (χ2v) is 13.7. The van der Waals surface area contributed by atoms with E-state index in [1.54, 1.807) is 5.57 Å². The molecule has 2 fully saturated rings. The SMILES string of the molecule is C=C(C)C1CCC2=C(CCC3(C)C4CC(C)(C(=O)O)CCC4(C)CCC23C)C1(C)CCC(=O)O. The van der Waals surface area contributed by atoms with Gasteiger partial charge in [0.2, 0.25) is 0 Å². The van der Waals surface area contributed by atoms with E-state index in [1.807, 2.05) is 6.92 Å². The number of hydrogen-bond acceptors (Lipinski definition) is 2. The largest absolute Gasteiger partial charge is 0.481 e. The minimum Gasteiger partial charge on any atom is -0.481 e. The molecule has 0 aliphatic heterocycles. The van der Waals surface area contributed by atoms with Crippen LogP contribution in [0.25, 0.3) is 0 Å². The van der Waals surface area contributed by atoms with Crippen molar-refractivity contribution in [3.63, 3.8) is 0 Å². The van der Waals surface area contributed by atoms with E-state index >= 15 is 0 Å². The molecule has 0 saturated heterocycles. The first kappa shape index (κ1) is 25.5. The van der Waals surface area contributed by atoms with Crippen molar-refractivity contribution < 1.29 is 19.8 Å². The molecule has 0 bridgehead atoms. The van der Waals surface area contributed by atoms with E-state index in [0.717, 1.165) is 57.8 Å². The minimum atomic E-state index is -0.718. The third kappa shape index (κ3) is 3.45. The Morgan fingerprint density at radius 3 is 2.18 bits per heavy atom. The minimum absolute atomic E-state index is 0.0477. The second kappa shape index (κ2) is 7.96. The number of carboxylic acid groups (broad SMARTS) is 2. The second-order valence-electron chi connectivity index (χ2n) is 13.7. The Bertz CT molecular complexity index is 947. The van der Waals surface area contributed by atoms with Gasteiger partial charge >= 0.3 is 11.9 Å². The van der Waals surface area contributed by atoms with Crippen LogP contribution >= 0.6 is 0 Å². The molecule has 4 aliphatic rings. The van der Waals surface area contributed by atoms with Crippen LogP contribution in [0.2, 0.25) is 0 Å². The lowest BCUT2D eigenvalue weighted by Crippen LogP contribution is -2.60. The van der Waals surface area contributed by atoms with E-state index in [-0.39, 0.29) is 28.1 Å². The molecule has 0 aromatic carbocycles. The predicted molar refractivity (Wildman–Crippen MR) is 135 cm³/mol. The van der Waals surface area contributed by atoms with Crippen molar-refractivity contribution >= 4 is 11.9 Å². The number of allylic oxidation sites excluding steroid dienone is 3. The summed E-state index contributed by atoms with van der Waals surface area (Å²) in [5, 5.41) is 19.6. The van der Waals surface area contributed by atoms with Gasteiger partial charge in [-0.25, -0.2) is 0 Å². The molecule has 0 radical (unpaired) electrons. The van der Waals surface area contributed by atoms with E-state index in [9.17, 15) is 19.8 Å². The first-order chi connectivity index (χ1) is 15.6. The van der Waals surface area contributed by atoms with Gasteiger partial charge < -0.3 is 10.2 Å². The fourth-order valence-corrected chi connectivity index (χ4v) is 9.40. The summed E-state index contributed by atoms with van der Waals surface area (Å²) in [7, 11) is 0. The predicted octanol–water partition coefficient (Wildman–Crippen LogP) is 7.64. The van der Waals surface area contributed by atoms with Crippen molar-refractivity contribution in [3.8, 4) is 0 Å². The van der Waals surface area contributed by atoms with Gasteiger partial charge in [0.05, 0.1) is 5.41 Å². The molecule has 2 N–H and O–H groups in total. The van der Waals surface area contributed by atoms with Crippen LogP contribution in [0, 0.1) is 38.9 Å². The first-order valence-corrected chi connectivity index (χ1v) is 13.5. The van der Waals surface area contributed by atoms with E-state index in [0.29, 0.717) is 18.3 Å². The number of carbonyl (C=O) groups is 2. The van der Waals surface area contributed by atoms with Crippen molar-refractivity contribution in [3.05, 3.63) is 23.3 Å². The Hall–Kier alpha value is -1.58. The zero-order chi connectivity index (χ0) is 25.3. The number of carboxylic acids is 2. The monoisotopic (exact) mass is 470 g/mol. The summed E-state index contributed by atoms with van der Waals surface area (Å²) in [4.78, 5) is 23.9. The number of aliphatic carboxylic acids is 2. The Kier molecular flexibility index (Phi) is 5.98. The molecule has 0 amide bonds. The molecule has 4 aliphatic carbocycles. The van der Waals surface area contributed by atoms with Crippen LogP contribution in [0.4, 0.5) is 0 Å². The highest BCUT2D eigenvalue weighted by Crippen LogP contribution is 2.74. The maximum absolute atomic E-state index is 12.3. The fourth-order valence-electron chi connectivity index (χ4n) is 9.40. The van der Waals surface area contributed by atoms with Crippen molar-refractivity contribution in [1.82, 2.24) is 0 Å². The Morgan fingerprint density at radius 1 is 0.941 bits per heavy atom. The average molecular weight is 471 g/mol. The molecular weight excluding hydrogens is 424 g/mol. The van der Waals surface area contributed by atoms with Crippen LogP contribution in [-0.2, 0) is 9.59 Å². The van der Waals surface area contributed by atoms with Crippen molar-refractivity contribution in [2.45, 2.75) is 112 Å². The van der Waals surface area contributed by atoms with E-state index in [1.165, 1.54) is 11.1 Å². The van der Waals surface area contributed by atoms with Crippen LogP contribution in [0.15, 0.2) is 23.3 Å². The molecule has 7 unspecified atom stereocenters. The van der Waals surface area contributed by atoms with E-state index in [2.05, 4.69) is 41.2 Å². The summed E-state index contributed by atoms with van der Waals surface area (Å²) in [6.45, 7) is 18.1. The number of fused-ring (bicyclic) bond motifs is 4. The Morgan fingerprint density at radius 2 is 1.59 bits per heavy atom. The van der Waals surface area contributed by atoms with Gasteiger partial charge in [-0.1, -0.05) is 51.0 Å². The highest BCUT2D eigenvalue weighted by atomic mass is 16.4. The van der Waals surface area contributed by atoms with Gasteiger partial charge in [-0.15, -0.1) is 0 Å². The van der Waals surface area contributed by atoms with Crippen molar-refractivity contribution in [2.75, 3.05) is 0 Å². The molecular formula is C30H46O4. The van der Waals surface area contributed by atoms with E-state index < -0.39 is 17.4 Å². The zero-order valence-electron chi connectivity index (χ0n) is 22.4. The van der Waals surface area contributed by atoms with Gasteiger partial charge in [0.25, 0.3) is 0 Å². The third-order valence-corrected chi connectivity index (χ3v) is 12.0. The highest BCUT2D eigenvalue weighted by molar-refractivity contribution is 5.74. The normalized spacial score (nSPS) is 46.2. The first-order valence-electron chi connectivity index (χ1n) is 13.5. The van der Waals surface area contributed by atoms with Crippen LogP contribution < -0.4 is 0 Å². The molecule has 0 heterocycles. The summed E-state index contributed by atoms with van der Waals surface area (Å²) in [5.74, 6) is -0.626. The quantitative estimate of drug-likeness (QED) is 0.405. The summed E-state index contributed by atoms with van der Waals surface area (Å²) in [6.07, 6.45) is 9.95. The molecule has 4 heteroatoms. The molecule has 7 atom stereocenters. The molecule has 4 nitrogen and oxygen atoms in total. The lowest BCUT2D eigenvalue weighted by molar-refractivity contribution is -0.173. The smallest absolute Gasteiger partial charge is 0.309 e. The lowest BCUT2D eigenvalue weighted by Gasteiger charge is -2.68. The third-order valence-electron chi connectivity index (χ3n) is 12.0. The van der Waals surface area contributed by atoms with Crippen molar-refractivity contribution in [2.24, 2.45) is 38.9 Å². The molecule has 190 valence electrons. The lowest BCUT2D eigenvalue weighted by atomic mass is 9.36. The topological polar surface area (TPSA) is 74.6 Å². The van der Waals surface area contributed by atoms with Crippen LogP contribution in [0.1, 0.15) is 112 Å². The molecule has 34 heavy (non-hydrogen) atoms.